The van der Waals surface area contributed by atoms with Crippen molar-refractivity contribution in [2.24, 2.45) is 0 Å². The van der Waals surface area contributed by atoms with Crippen molar-refractivity contribution in [2.75, 3.05) is 7.11 Å². The number of hydrazine groups is 1. The zero-order chi connectivity index (χ0) is 24.9. The molecular formula is C23H24N8O4. The van der Waals surface area contributed by atoms with Gasteiger partial charge < -0.3 is 4.74 Å². The van der Waals surface area contributed by atoms with Crippen LogP contribution in [-0.2, 0) is 13.0 Å². The Labute approximate surface area is 199 Å². The lowest BCUT2D eigenvalue weighted by Gasteiger charge is -2.12. The van der Waals surface area contributed by atoms with Crippen LogP contribution in [0, 0.1) is 0 Å². The van der Waals surface area contributed by atoms with Crippen molar-refractivity contribution in [1.82, 2.24) is 40.6 Å². The molecule has 12 nitrogen and oxygen atoms in total. The molecule has 0 aliphatic rings. The Morgan fingerprint density at radius 3 is 2.40 bits per heavy atom. The van der Waals surface area contributed by atoms with E-state index in [1.165, 1.54) is 22.7 Å². The van der Waals surface area contributed by atoms with Crippen LogP contribution in [0.25, 0.3) is 16.6 Å². The highest BCUT2D eigenvalue weighted by Crippen LogP contribution is 2.16. The summed E-state index contributed by atoms with van der Waals surface area (Å²) >= 11 is 0. The molecule has 180 valence electrons. The Balaban J connectivity index is 1.57. The molecular weight excluding hydrogens is 452 g/mol. The molecule has 0 fully saturated rings. The lowest BCUT2D eigenvalue weighted by molar-refractivity contribution is 0.0843. The Bertz CT molecular complexity index is 1440. The summed E-state index contributed by atoms with van der Waals surface area (Å²) in [4.78, 5) is 38.5. The van der Waals surface area contributed by atoms with Gasteiger partial charge in [-0.1, -0.05) is 32.0 Å². The molecule has 2 N–H and O–H groups in total. The summed E-state index contributed by atoms with van der Waals surface area (Å²) in [7, 11) is 1.49. The number of methoxy groups -OCH3 is 1. The van der Waals surface area contributed by atoms with E-state index in [9.17, 15) is 14.4 Å². The van der Waals surface area contributed by atoms with Crippen molar-refractivity contribution in [3.05, 3.63) is 69.9 Å². The number of fused-ring (bicyclic) bond motifs is 1. The first-order valence-electron chi connectivity index (χ1n) is 11.0. The third-order valence-electron chi connectivity index (χ3n) is 5.31. The number of carbonyl (C=O) groups is 2. The molecule has 0 aliphatic heterocycles. The number of carbonyl (C=O) groups excluding carboxylic acids is 2. The molecule has 1 aromatic carbocycles. The topological polar surface area (TPSA) is 146 Å². The Kier molecular flexibility index (Phi) is 6.81. The second-order valence-electron chi connectivity index (χ2n) is 7.53. The molecule has 0 atom stereocenters. The molecule has 0 saturated carbocycles. The first-order valence-corrected chi connectivity index (χ1v) is 11.0. The fraction of sp³-hybridized carbons (Fsp3) is 0.261. The maximum Gasteiger partial charge on any atom is 0.290 e. The number of amides is 2. The first-order chi connectivity index (χ1) is 17.0. The Hall–Kier alpha value is -4.61. The van der Waals surface area contributed by atoms with Crippen molar-refractivity contribution in [1.29, 1.82) is 0 Å². The number of rotatable bonds is 7. The Morgan fingerprint density at radius 2 is 1.74 bits per heavy atom. The zero-order valence-corrected chi connectivity index (χ0v) is 19.5. The highest BCUT2D eigenvalue weighted by atomic mass is 16.5. The molecule has 35 heavy (non-hydrogen) atoms. The van der Waals surface area contributed by atoms with Gasteiger partial charge in [0.05, 0.1) is 30.0 Å². The van der Waals surface area contributed by atoms with E-state index in [1.54, 1.807) is 36.4 Å². The van der Waals surface area contributed by atoms with Crippen LogP contribution in [0.2, 0.25) is 0 Å². The molecule has 0 bridgehead atoms. The van der Waals surface area contributed by atoms with Gasteiger partial charge in [-0.25, -0.2) is 9.36 Å². The van der Waals surface area contributed by atoms with E-state index in [-0.39, 0.29) is 16.8 Å². The molecule has 0 radical (unpaired) electrons. The number of nitrogens with one attached hydrogen (secondary N) is 2. The van der Waals surface area contributed by atoms with Crippen LogP contribution in [-0.4, -0.2) is 48.7 Å². The minimum atomic E-state index is -0.647. The average molecular weight is 476 g/mol. The summed E-state index contributed by atoms with van der Waals surface area (Å²) in [6.07, 6.45) is 2.53. The summed E-state index contributed by atoms with van der Waals surface area (Å²) in [5.41, 5.74) is 5.41. The molecule has 0 unspecified atom stereocenters. The van der Waals surface area contributed by atoms with Gasteiger partial charge in [0.15, 0.2) is 11.5 Å². The van der Waals surface area contributed by atoms with Gasteiger partial charge in [0.1, 0.15) is 0 Å². The second-order valence-corrected chi connectivity index (χ2v) is 7.53. The molecule has 3 heterocycles. The molecule has 4 aromatic rings. The lowest BCUT2D eigenvalue weighted by atomic mass is 10.1. The molecule has 2 amide bonds. The van der Waals surface area contributed by atoms with Gasteiger partial charge in [0.25, 0.3) is 17.4 Å². The predicted octanol–water partition coefficient (Wildman–Crippen LogP) is 1.43. The van der Waals surface area contributed by atoms with Crippen LogP contribution in [0.1, 0.15) is 46.8 Å². The number of hydrogen-bond donors (Lipinski definition) is 2. The van der Waals surface area contributed by atoms with Gasteiger partial charge in [-0.3, -0.25) is 25.2 Å². The smallest absolute Gasteiger partial charge is 0.290 e. The van der Waals surface area contributed by atoms with Crippen LogP contribution < -0.4 is 21.1 Å². The highest BCUT2D eigenvalue weighted by molar-refractivity contribution is 6.06. The van der Waals surface area contributed by atoms with E-state index in [0.29, 0.717) is 47.6 Å². The zero-order valence-electron chi connectivity index (χ0n) is 19.5. The fourth-order valence-corrected chi connectivity index (χ4v) is 3.64. The van der Waals surface area contributed by atoms with E-state index >= 15 is 0 Å². The predicted molar refractivity (Wildman–Crippen MR) is 126 cm³/mol. The molecule has 0 saturated heterocycles. The molecule has 3 aromatic heterocycles. The molecule has 0 spiro atoms. The number of aromatic nitrogens is 6. The lowest BCUT2D eigenvalue weighted by Crippen LogP contribution is -2.43. The summed E-state index contributed by atoms with van der Waals surface area (Å²) < 4.78 is 7.78. The third-order valence-corrected chi connectivity index (χ3v) is 5.31. The monoisotopic (exact) mass is 476 g/mol. The molecule has 0 aliphatic carbocycles. The summed E-state index contributed by atoms with van der Waals surface area (Å²) in [6, 6.07) is 10.0. The quantitative estimate of drug-likeness (QED) is 0.381. The number of hydrogen-bond acceptors (Lipinski definition) is 8. The van der Waals surface area contributed by atoms with Crippen molar-refractivity contribution in [3.8, 4) is 11.7 Å². The minimum absolute atomic E-state index is 0.0360. The van der Waals surface area contributed by atoms with E-state index in [1.807, 2.05) is 13.8 Å². The second kappa shape index (κ2) is 10.1. The highest BCUT2D eigenvalue weighted by Gasteiger charge is 2.21. The summed E-state index contributed by atoms with van der Waals surface area (Å²) in [6.45, 7) is 4.14. The maximum atomic E-state index is 12.9. The van der Waals surface area contributed by atoms with E-state index in [0.717, 1.165) is 0 Å². The molecule has 4 rings (SSSR count). The SMILES string of the molecule is CCCn1nc(C(=O)NNC(=O)c2cnn(-c3ccc(OC)nn3)c2CC)c2ccccc2c1=O. The van der Waals surface area contributed by atoms with Gasteiger partial charge >= 0.3 is 0 Å². The van der Waals surface area contributed by atoms with Gasteiger partial charge in [-0.05, 0) is 25.0 Å². The molecule has 12 heteroatoms. The van der Waals surface area contributed by atoms with Gasteiger partial charge in [-0.2, -0.15) is 10.2 Å². The third kappa shape index (κ3) is 4.58. The van der Waals surface area contributed by atoms with Gasteiger partial charge in [-0.15, -0.1) is 10.2 Å². The van der Waals surface area contributed by atoms with Crippen LogP contribution in [0.5, 0.6) is 5.88 Å². The average Bonchev–Trinajstić information content (AvgIpc) is 3.33. The van der Waals surface area contributed by atoms with Gasteiger partial charge in [0, 0.05) is 18.0 Å². The van der Waals surface area contributed by atoms with E-state index < -0.39 is 11.8 Å². The number of benzene rings is 1. The fourth-order valence-electron chi connectivity index (χ4n) is 3.64. The first kappa shape index (κ1) is 23.5. The van der Waals surface area contributed by atoms with E-state index in [4.69, 9.17) is 4.74 Å². The standard InChI is InChI=1S/C23H24N8O4/c1-4-12-30-23(34)15-9-7-6-8-14(15)20(29-30)22(33)28-27-21(32)16-13-24-31(17(16)5-2)18-10-11-19(35-3)26-25-18/h6-11,13H,4-5,12H2,1-3H3,(H,27,32)(H,28,33). The normalized spacial score (nSPS) is 10.8. The van der Waals surface area contributed by atoms with Crippen molar-refractivity contribution in [2.45, 2.75) is 33.2 Å². The van der Waals surface area contributed by atoms with Crippen LogP contribution in [0.4, 0.5) is 0 Å². The van der Waals surface area contributed by atoms with E-state index in [2.05, 4.69) is 31.2 Å². The Morgan fingerprint density at radius 1 is 1.00 bits per heavy atom. The van der Waals surface area contributed by atoms with Gasteiger partial charge in [0.2, 0.25) is 5.88 Å². The number of aryl methyl sites for hydroxylation is 1. The van der Waals surface area contributed by atoms with Crippen LogP contribution >= 0.6 is 0 Å². The van der Waals surface area contributed by atoms with Crippen molar-refractivity contribution >= 4 is 22.6 Å². The number of nitrogens with zero attached hydrogens (tertiary/aromatic N) is 6. The summed E-state index contributed by atoms with van der Waals surface area (Å²) in [5, 5.41) is 17.2. The van der Waals surface area contributed by atoms with Crippen LogP contribution in [0.3, 0.4) is 0 Å². The number of ether oxygens (including phenoxy) is 1. The van der Waals surface area contributed by atoms with Crippen molar-refractivity contribution < 1.29 is 14.3 Å². The van der Waals surface area contributed by atoms with Crippen molar-refractivity contribution in [3.63, 3.8) is 0 Å². The minimum Gasteiger partial charge on any atom is -0.480 e. The largest absolute Gasteiger partial charge is 0.480 e. The maximum absolute atomic E-state index is 12.9. The van der Waals surface area contributed by atoms with Crippen LogP contribution in [0.15, 0.2) is 47.4 Å². The summed E-state index contributed by atoms with van der Waals surface area (Å²) in [5.74, 6) is -0.439.